The summed E-state index contributed by atoms with van der Waals surface area (Å²) >= 11 is 0. The number of anilines is 3. The Bertz CT molecular complexity index is 1330. The van der Waals surface area contributed by atoms with Crippen LogP contribution in [-0.2, 0) is 17.9 Å². The molecule has 5 nitrogen and oxygen atoms in total. The molecule has 0 bridgehead atoms. The molecule has 4 aromatic rings. The molecule has 1 amide bonds. The van der Waals surface area contributed by atoms with E-state index in [4.69, 9.17) is 5.73 Å². The molecule has 5 rings (SSSR count). The molecule has 168 valence electrons. The zero-order chi connectivity index (χ0) is 23.3. The Labute approximate surface area is 199 Å². The summed E-state index contributed by atoms with van der Waals surface area (Å²) in [5, 5.41) is 9.93. The first-order valence-electron chi connectivity index (χ1n) is 11.3. The van der Waals surface area contributed by atoms with E-state index < -0.39 is 0 Å². The lowest BCUT2D eigenvalue weighted by molar-refractivity contribution is -0.110. The van der Waals surface area contributed by atoms with Crippen LogP contribution in [0.3, 0.4) is 0 Å². The molecule has 0 saturated heterocycles. The Morgan fingerprint density at radius 1 is 0.765 bits per heavy atom. The number of amides is 1. The molecule has 5 N–H and O–H groups in total. The van der Waals surface area contributed by atoms with Gasteiger partial charge < -0.3 is 21.7 Å². The molecule has 0 radical (unpaired) electrons. The van der Waals surface area contributed by atoms with Crippen LogP contribution in [-0.4, -0.2) is 5.91 Å². The first kappa shape index (κ1) is 21.5. The van der Waals surface area contributed by atoms with Crippen molar-refractivity contribution in [1.82, 2.24) is 5.32 Å². The fraction of sp³-hybridized carbons (Fsp3) is 0.0690. The van der Waals surface area contributed by atoms with Gasteiger partial charge in [0.2, 0.25) is 0 Å². The van der Waals surface area contributed by atoms with E-state index in [9.17, 15) is 4.79 Å². The number of hydrogen-bond donors (Lipinski definition) is 4. The Balaban J connectivity index is 1.40. The summed E-state index contributed by atoms with van der Waals surface area (Å²) in [5.41, 5.74) is 13.8. The van der Waals surface area contributed by atoms with Crippen LogP contribution in [0, 0.1) is 0 Å². The number of nitrogen functional groups attached to an aromatic ring is 1. The highest BCUT2D eigenvalue weighted by atomic mass is 16.2. The molecule has 4 aromatic carbocycles. The van der Waals surface area contributed by atoms with Crippen LogP contribution in [0.1, 0.15) is 22.3 Å². The lowest BCUT2D eigenvalue weighted by Gasteiger charge is -2.15. The number of nitrogens with two attached hydrogens (primary N) is 1. The monoisotopic (exact) mass is 446 g/mol. The highest BCUT2D eigenvalue weighted by Crippen LogP contribution is 2.38. The van der Waals surface area contributed by atoms with Gasteiger partial charge in [-0.1, -0.05) is 72.8 Å². The van der Waals surface area contributed by atoms with E-state index in [0.717, 1.165) is 41.3 Å². The minimum absolute atomic E-state index is 0.145. The quantitative estimate of drug-likeness (QED) is 0.224. The van der Waals surface area contributed by atoms with E-state index in [0.29, 0.717) is 11.3 Å². The minimum atomic E-state index is -0.145. The van der Waals surface area contributed by atoms with Crippen molar-refractivity contribution >= 4 is 34.2 Å². The summed E-state index contributed by atoms with van der Waals surface area (Å²) < 4.78 is 0. The highest BCUT2D eigenvalue weighted by molar-refractivity contribution is 6.37. The first-order valence-corrected chi connectivity index (χ1v) is 11.3. The summed E-state index contributed by atoms with van der Waals surface area (Å²) in [5.74, 6) is -0.145. The normalized spacial score (nSPS) is 13.8. The molecular formula is C29H26N4O. The molecule has 0 aliphatic carbocycles. The van der Waals surface area contributed by atoms with E-state index in [-0.39, 0.29) is 5.91 Å². The lowest BCUT2D eigenvalue weighted by Crippen LogP contribution is -2.12. The maximum absolute atomic E-state index is 13.0. The molecule has 1 aliphatic heterocycles. The fourth-order valence-electron chi connectivity index (χ4n) is 4.11. The van der Waals surface area contributed by atoms with Gasteiger partial charge in [-0.2, -0.15) is 0 Å². The van der Waals surface area contributed by atoms with Gasteiger partial charge in [-0.3, -0.25) is 4.79 Å². The zero-order valence-electron chi connectivity index (χ0n) is 18.7. The largest absolute Gasteiger partial charge is 0.399 e. The van der Waals surface area contributed by atoms with E-state index in [1.807, 2.05) is 72.8 Å². The van der Waals surface area contributed by atoms with E-state index in [1.54, 1.807) is 6.07 Å². The Kier molecular flexibility index (Phi) is 6.10. The summed E-state index contributed by atoms with van der Waals surface area (Å²) in [6, 6.07) is 34.0. The molecule has 0 saturated carbocycles. The molecule has 5 heteroatoms. The molecular weight excluding hydrogens is 420 g/mol. The third-order valence-electron chi connectivity index (χ3n) is 5.83. The van der Waals surface area contributed by atoms with Crippen molar-refractivity contribution in [2.45, 2.75) is 13.1 Å². The van der Waals surface area contributed by atoms with Crippen LogP contribution < -0.4 is 21.7 Å². The summed E-state index contributed by atoms with van der Waals surface area (Å²) in [4.78, 5) is 13.0. The second kappa shape index (κ2) is 9.65. The van der Waals surface area contributed by atoms with Gasteiger partial charge in [0.15, 0.2) is 0 Å². The average molecular weight is 447 g/mol. The van der Waals surface area contributed by atoms with E-state index in [1.165, 1.54) is 11.1 Å². The van der Waals surface area contributed by atoms with Crippen LogP contribution in [0.5, 0.6) is 0 Å². The smallest absolute Gasteiger partial charge is 0.258 e. The van der Waals surface area contributed by atoms with Gasteiger partial charge in [-0.05, 0) is 47.0 Å². The zero-order valence-corrected chi connectivity index (χ0v) is 18.7. The predicted molar refractivity (Wildman–Crippen MR) is 140 cm³/mol. The lowest BCUT2D eigenvalue weighted by atomic mass is 9.99. The fourth-order valence-corrected chi connectivity index (χ4v) is 4.11. The van der Waals surface area contributed by atoms with Crippen LogP contribution in [0.25, 0.3) is 11.3 Å². The van der Waals surface area contributed by atoms with Gasteiger partial charge in [0.05, 0.1) is 11.3 Å². The summed E-state index contributed by atoms with van der Waals surface area (Å²) in [6.07, 6.45) is 0. The van der Waals surface area contributed by atoms with E-state index >= 15 is 0 Å². The second-order valence-electron chi connectivity index (χ2n) is 8.29. The second-order valence-corrected chi connectivity index (χ2v) is 8.29. The number of hydrogen-bond acceptors (Lipinski definition) is 4. The SMILES string of the molecule is Nc1ccc2c(c1)/C(=C(/Nc1ccc(CNCc3ccccc3)cc1)c1ccccc1)C(=O)N2. The molecule has 0 unspecified atom stereocenters. The van der Waals surface area contributed by atoms with Crippen molar-refractivity contribution in [2.24, 2.45) is 0 Å². The number of rotatable bonds is 7. The maximum atomic E-state index is 13.0. The van der Waals surface area contributed by atoms with Crippen molar-refractivity contribution in [3.8, 4) is 0 Å². The Hall–Kier alpha value is -4.35. The summed E-state index contributed by atoms with van der Waals surface area (Å²) in [6.45, 7) is 1.60. The molecule has 1 heterocycles. The van der Waals surface area contributed by atoms with Crippen LogP contribution in [0.4, 0.5) is 17.1 Å². The summed E-state index contributed by atoms with van der Waals surface area (Å²) in [7, 11) is 0. The van der Waals surface area contributed by atoms with Crippen molar-refractivity contribution in [3.63, 3.8) is 0 Å². The third-order valence-corrected chi connectivity index (χ3v) is 5.83. The topological polar surface area (TPSA) is 79.2 Å². The highest BCUT2D eigenvalue weighted by Gasteiger charge is 2.28. The van der Waals surface area contributed by atoms with Gasteiger partial charge in [0.25, 0.3) is 5.91 Å². The predicted octanol–water partition coefficient (Wildman–Crippen LogP) is 5.49. The minimum Gasteiger partial charge on any atom is -0.399 e. The number of carbonyl (C=O) groups is 1. The van der Waals surface area contributed by atoms with Crippen molar-refractivity contribution < 1.29 is 4.79 Å². The van der Waals surface area contributed by atoms with Gasteiger partial charge in [-0.15, -0.1) is 0 Å². The molecule has 0 atom stereocenters. The molecule has 1 aliphatic rings. The van der Waals surface area contributed by atoms with Gasteiger partial charge in [-0.25, -0.2) is 0 Å². The van der Waals surface area contributed by atoms with Gasteiger partial charge >= 0.3 is 0 Å². The number of carbonyl (C=O) groups excluding carboxylic acids is 1. The Morgan fingerprint density at radius 3 is 2.12 bits per heavy atom. The van der Waals surface area contributed by atoms with E-state index in [2.05, 4.69) is 40.2 Å². The molecule has 0 aromatic heterocycles. The standard InChI is InChI=1S/C29H26N4O/c30-23-13-16-26-25(17-23)27(29(34)33-26)28(22-9-5-2-6-10-22)32-24-14-11-21(12-15-24)19-31-18-20-7-3-1-4-8-20/h1-17,31-32H,18-19,30H2,(H,33,34)/b28-27-. The number of benzene rings is 4. The van der Waals surface area contributed by atoms with Gasteiger partial charge in [0, 0.05) is 35.7 Å². The van der Waals surface area contributed by atoms with Crippen LogP contribution >= 0.6 is 0 Å². The van der Waals surface area contributed by atoms with Crippen molar-refractivity contribution in [1.29, 1.82) is 0 Å². The van der Waals surface area contributed by atoms with Crippen LogP contribution in [0.2, 0.25) is 0 Å². The molecule has 34 heavy (non-hydrogen) atoms. The average Bonchev–Trinajstić information content (AvgIpc) is 3.19. The van der Waals surface area contributed by atoms with Crippen LogP contribution in [0.15, 0.2) is 103 Å². The molecule has 0 spiro atoms. The maximum Gasteiger partial charge on any atom is 0.258 e. The van der Waals surface area contributed by atoms with Crippen molar-refractivity contribution in [3.05, 3.63) is 125 Å². The van der Waals surface area contributed by atoms with Gasteiger partial charge in [0.1, 0.15) is 0 Å². The first-order chi connectivity index (χ1) is 16.7. The third kappa shape index (κ3) is 4.70. The number of fused-ring (bicyclic) bond motifs is 1. The molecule has 0 fully saturated rings. The van der Waals surface area contributed by atoms with Crippen molar-refractivity contribution in [2.75, 3.05) is 16.4 Å². The Morgan fingerprint density at radius 2 is 1.41 bits per heavy atom. The number of nitrogens with one attached hydrogen (secondary N) is 3.